The van der Waals surface area contributed by atoms with Crippen molar-refractivity contribution in [3.05, 3.63) is 16.0 Å². The molecule has 1 fully saturated rings. The predicted octanol–water partition coefficient (Wildman–Crippen LogP) is 0.879. The second kappa shape index (κ2) is 4.39. The van der Waals surface area contributed by atoms with Crippen molar-refractivity contribution < 1.29 is 0 Å². The fourth-order valence-corrected chi connectivity index (χ4v) is 1.90. The van der Waals surface area contributed by atoms with E-state index in [4.69, 9.17) is 0 Å². The van der Waals surface area contributed by atoms with Crippen LogP contribution in [0, 0.1) is 3.57 Å². The van der Waals surface area contributed by atoms with Gasteiger partial charge in [0.1, 0.15) is 0 Å². The Kier molecular flexibility index (Phi) is 3.17. The van der Waals surface area contributed by atoms with Crippen molar-refractivity contribution in [1.29, 1.82) is 0 Å². The van der Waals surface area contributed by atoms with Gasteiger partial charge in [0.05, 0.1) is 0 Å². The number of halogens is 1. The molecule has 14 heavy (non-hydrogen) atoms. The molecule has 0 aromatic carbocycles. The molecule has 0 amide bonds. The molecule has 1 atom stereocenters. The molecule has 0 bridgehead atoms. The maximum absolute atomic E-state index is 4.30. The van der Waals surface area contributed by atoms with Gasteiger partial charge in [-0.2, -0.15) is 0 Å². The summed E-state index contributed by atoms with van der Waals surface area (Å²) in [6.45, 7) is 2.13. The number of hydrogen-bond acceptors (Lipinski definition) is 4. The Balaban J connectivity index is 2.09. The van der Waals surface area contributed by atoms with Gasteiger partial charge in [0, 0.05) is 35.6 Å². The summed E-state index contributed by atoms with van der Waals surface area (Å²) < 4.78 is 1.07. The molecule has 2 heterocycles. The van der Waals surface area contributed by atoms with Gasteiger partial charge in [0.25, 0.3) is 0 Å². The Morgan fingerprint density at radius 1 is 1.50 bits per heavy atom. The van der Waals surface area contributed by atoms with Gasteiger partial charge in [0.2, 0.25) is 5.95 Å². The third-order valence-electron chi connectivity index (χ3n) is 2.50. The maximum atomic E-state index is 4.30. The Morgan fingerprint density at radius 3 is 2.79 bits per heavy atom. The number of nitrogens with one attached hydrogen (secondary N) is 1. The molecule has 1 aliphatic rings. The van der Waals surface area contributed by atoms with Gasteiger partial charge in [-0.15, -0.1) is 0 Å². The molecule has 1 aromatic heterocycles. The molecule has 2 rings (SSSR count). The van der Waals surface area contributed by atoms with Gasteiger partial charge in [0.15, 0.2) is 0 Å². The fraction of sp³-hybridized carbons (Fsp3) is 0.556. The average Bonchev–Trinajstić information content (AvgIpc) is 2.71. The summed E-state index contributed by atoms with van der Waals surface area (Å²) in [4.78, 5) is 10.8. The van der Waals surface area contributed by atoms with Crippen molar-refractivity contribution in [2.75, 3.05) is 25.0 Å². The lowest BCUT2D eigenvalue weighted by molar-refractivity contribution is 0.668. The zero-order valence-electron chi connectivity index (χ0n) is 8.07. The summed E-state index contributed by atoms with van der Waals surface area (Å²) in [6.07, 6.45) is 4.87. The zero-order chi connectivity index (χ0) is 9.97. The van der Waals surface area contributed by atoms with E-state index >= 15 is 0 Å². The SMILES string of the molecule is CN(c1ncc(I)cn1)C1CCNC1. The number of likely N-dealkylation sites (N-methyl/N-ethyl adjacent to an activating group) is 1. The molecular formula is C9H13IN4. The highest BCUT2D eigenvalue weighted by Crippen LogP contribution is 2.13. The Hall–Kier alpha value is -0.430. The number of anilines is 1. The van der Waals surface area contributed by atoms with Gasteiger partial charge in [-0.05, 0) is 35.6 Å². The van der Waals surface area contributed by atoms with E-state index < -0.39 is 0 Å². The molecule has 5 heteroatoms. The first-order valence-corrected chi connectivity index (χ1v) is 5.76. The minimum absolute atomic E-state index is 0.537. The van der Waals surface area contributed by atoms with E-state index in [1.807, 2.05) is 12.4 Å². The van der Waals surface area contributed by atoms with Crippen molar-refractivity contribution in [1.82, 2.24) is 15.3 Å². The zero-order valence-corrected chi connectivity index (χ0v) is 10.2. The Bertz CT molecular complexity index is 294. The first kappa shape index (κ1) is 10.1. The van der Waals surface area contributed by atoms with Crippen LogP contribution >= 0.6 is 22.6 Å². The second-order valence-electron chi connectivity index (χ2n) is 3.46. The number of aromatic nitrogens is 2. The van der Waals surface area contributed by atoms with Gasteiger partial charge >= 0.3 is 0 Å². The molecule has 0 radical (unpaired) electrons. The van der Waals surface area contributed by atoms with Gasteiger partial charge in [-0.1, -0.05) is 0 Å². The van der Waals surface area contributed by atoms with Gasteiger partial charge in [-0.25, -0.2) is 9.97 Å². The largest absolute Gasteiger partial charge is 0.340 e. The van der Waals surface area contributed by atoms with Crippen LogP contribution in [0.4, 0.5) is 5.95 Å². The summed E-state index contributed by atoms with van der Waals surface area (Å²) >= 11 is 2.21. The van der Waals surface area contributed by atoms with Crippen LogP contribution in [0.25, 0.3) is 0 Å². The van der Waals surface area contributed by atoms with Gasteiger partial charge < -0.3 is 10.2 Å². The highest BCUT2D eigenvalue weighted by molar-refractivity contribution is 14.1. The Labute approximate surface area is 97.3 Å². The normalized spacial score (nSPS) is 21.1. The predicted molar refractivity (Wildman–Crippen MR) is 64.4 cm³/mol. The average molecular weight is 304 g/mol. The van der Waals surface area contributed by atoms with Crippen LogP contribution in [0.1, 0.15) is 6.42 Å². The van der Waals surface area contributed by atoms with Crippen molar-refractivity contribution >= 4 is 28.5 Å². The highest BCUT2D eigenvalue weighted by atomic mass is 127. The minimum atomic E-state index is 0.537. The summed E-state index contributed by atoms with van der Waals surface area (Å²) in [5, 5.41) is 3.34. The summed E-state index contributed by atoms with van der Waals surface area (Å²) in [6, 6.07) is 0.537. The number of nitrogens with zero attached hydrogens (tertiary/aromatic N) is 3. The molecule has 1 N–H and O–H groups in total. The monoisotopic (exact) mass is 304 g/mol. The lowest BCUT2D eigenvalue weighted by atomic mass is 10.2. The number of hydrogen-bond donors (Lipinski definition) is 1. The van der Waals surface area contributed by atoms with Crippen LogP contribution in [-0.4, -0.2) is 36.1 Å². The van der Waals surface area contributed by atoms with Gasteiger partial charge in [-0.3, -0.25) is 0 Å². The summed E-state index contributed by atoms with van der Waals surface area (Å²) in [5.41, 5.74) is 0. The molecule has 4 nitrogen and oxygen atoms in total. The molecule has 0 aliphatic carbocycles. The molecule has 1 saturated heterocycles. The quantitative estimate of drug-likeness (QED) is 0.824. The summed E-state index contributed by atoms with van der Waals surface area (Å²) in [7, 11) is 2.06. The first-order valence-electron chi connectivity index (χ1n) is 4.68. The van der Waals surface area contributed by atoms with Crippen molar-refractivity contribution in [2.24, 2.45) is 0 Å². The van der Waals surface area contributed by atoms with Crippen LogP contribution in [0.3, 0.4) is 0 Å². The summed E-state index contributed by atoms with van der Waals surface area (Å²) in [5.74, 6) is 0.819. The molecule has 76 valence electrons. The first-order chi connectivity index (χ1) is 6.77. The van der Waals surface area contributed by atoms with E-state index in [0.717, 1.165) is 22.6 Å². The Morgan fingerprint density at radius 2 is 2.21 bits per heavy atom. The van der Waals surface area contributed by atoms with Crippen LogP contribution in [0.5, 0.6) is 0 Å². The molecule has 0 spiro atoms. The lowest BCUT2D eigenvalue weighted by Gasteiger charge is -2.23. The molecular weight excluding hydrogens is 291 g/mol. The third kappa shape index (κ3) is 2.14. The van der Waals surface area contributed by atoms with Crippen LogP contribution in [0.2, 0.25) is 0 Å². The van der Waals surface area contributed by atoms with Crippen LogP contribution in [0.15, 0.2) is 12.4 Å². The van der Waals surface area contributed by atoms with Crippen LogP contribution < -0.4 is 10.2 Å². The molecule has 1 unspecified atom stereocenters. The number of rotatable bonds is 2. The van der Waals surface area contributed by atoms with Crippen molar-refractivity contribution in [2.45, 2.75) is 12.5 Å². The molecule has 1 aliphatic heterocycles. The minimum Gasteiger partial charge on any atom is -0.340 e. The van der Waals surface area contributed by atoms with E-state index in [0.29, 0.717) is 6.04 Å². The lowest BCUT2D eigenvalue weighted by Crippen LogP contribution is -2.34. The van der Waals surface area contributed by atoms with Crippen LogP contribution in [-0.2, 0) is 0 Å². The van der Waals surface area contributed by atoms with E-state index in [-0.39, 0.29) is 0 Å². The highest BCUT2D eigenvalue weighted by Gasteiger charge is 2.20. The van der Waals surface area contributed by atoms with E-state index in [1.54, 1.807) is 0 Å². The van der Waals surface area contributed by atoms with E-state index in [2.05, 4.69) is 49.8 Å². The third-order valence-corrected chi connectivity index (χ3v) is 3.06. The van der Waals surface area contributed by atoms with E-state index in [9.17, 15) is 0 Å². The van der Waals surface area contributed by atoms with E-state index in [1.165, 1.54) is 6.42 Å². The topological polar surface area (TPSA) is 41.1 Å². The standard InChI is InChI=1S/C9H13IN4/c1-14(8-2-3-11-6-8)9-12-4-7(10)5-13-9/h4-5,8,11H,2-3,6H2,1H3. The maximum Gasteiger partial charge on any atom is 0.225 e. The second-order valence-corrected chi connectivity index (χ2v) is 4.70. The van der Waals surface area contributed by atoms with Crippen molar-refractivity contribution in [3.63, 3.8) is 0 Å². The van der Waals surface area contributed by atoms with Crippen molar-refractivity contribution in [3.8, 4) is 0 Å². The smallest absolute Gasteiger partial charge is 0.225 e. The molecule has 1 aromatic rings. The fourth-order valence-electron chi connectivity index (χ4n) is 1.62. The molecule has 0 saturated carbocycles.